The summed E-state index contributed by atoms with van der Waals surface area (Å²) < 4.78 is 34.1. The van der Waals surface area contributed by atoms with Crippen LogP contribution in [0.5, 0.6) is 11.5 Å². The van der Waals surface area contributed by atoms with Crippen molar-refractivity contribution < 1.29 is 23.0 Å². The van der Waals surface area contributed by atoms with Crippen LogP contribution in [0.4, 0.5) is 13.9 Å². The molecule has 1 heterocycles. The van der Waals surface area contributed by atoms with E-state index >= 15 is 0 Å². The van der Waals surface area contributed by atoms with Crippen molar-refractivity contribution in [1.82, 2.24) is 4.98 Å². The molecular weight excluding hydrogens is 374 g/mol. The number of amides is 1. The number of nitrogens with zero attached hydrogens (tertiary/aromatic N) is 1. The normalized spacial score (nSPS) is 10.7. The van der Waals surface area contributed by atoms with Crippen LogP contribution in [-0.4, -0.2) is 24.6 Å². The Balaban J connectivity index is 1.77. The van der Waals surface area contributed by atoms with Gasteiger partial charge in [-0.05, 0) is 49.4 Å². The van der Waals surface area contributed by atoms with E-state index in [0.29, 0.717) is 5.13 Å². The second-order valence-electron chi connectivity index (χ2n) is 5.51. The average molecular weight is 390 g/mol. The zero-order valence-electron chi connectivity index (χ0n) is 14.5. The van der Waals surface area contributed by atoms with E-state index in [9.17, 15) is 13.6 Å². The molecule has 3 aromatic rings. The SMILES string of the molecule is COc1ccc(-c2nc(NC(=O)c3cccc(OC(F)F)c3)sc2C)cc1. The minimum Gasteiger partial charge on any atom is -0.497 e. The van der Waals surface area contributed by atoms with Crippen molar-refractivity contribution >= 4 is 22.4 Å². The fourth-order valence-electron chi connectivity index (χ4n) is 2.45. The zero-order chi connectivity index (χ0) is 19.4. The zero-order valence-corrected chi connectivity index (χ0v) is 15.3. The molecule has 1 amide bonds. The number of hydrogen-bond donors (Lipinski definition) is 1. The van der Waals surface area contributed by atoms with Crippen molar-refractivity contribution in [2.75, 3.05) is 12.4 Å². The number of anilines is 1. The highest BCUT2D eigenvalue weighted by atomic mass is 32.1. The van der Waals surface area contributed by atoms with Crippen LogP contribution in [0.15, 0.2) is 48.5 Å². The Morgan fingerprint density at radius 3 is 2.56 bits per heavy atom. The molecule has 0 fully saturated rings. The lowest BCUT2D eigenvalue weighted by Crippen LogP contribution is -2.12. The molecule has 0 aliphatic heterocycles. The Hall–Kier alpha value is -3.00. The Bertz CT molecular complexity index is 942. The van der Waals surface area contributed by atoms with Crippen molar-refractivity contribution in [2.24, 2.45) is 0 Å². The molecule has 0 unspecified atom stereocenters. The van der Waals surface area contributed by atoms with Gasteiger partial charge in [0.1, 0.15) is 11.5 Å². The summed E-state index contributed by atoms with van der Waals surface area (Å²) in [6.07, 6.45) is 0. The van der Waals surface area contributed by atoms with Crippen LogP contribution < -0.4 is 14.8 Å². The number of thiazole rings is 1. The van der Waals surface area contributed by atoms with Gasteiger partial charge in [-0.1, -0.05) is 6.07 Å². The van der Waals surface area contributed by atoms with Gasteiger partial charge in [-0.2, -0.15) is 8.78 Å². The number of methoxy groups -OCH3 is 1. The van der Waals surface area contributed by atoms with Gasteiger partial charge in [-0.25, -0.2) is 4.98 Å². The summed E-state index contributed by atoms with van der Waals surface area (Å²) in [6.45, 7) is -1.04. The predicted octanol–water partition coefficient (Wildman–Crippen LogP) is 4.98. The summed E-state index contributed by atoms with van der Waals surface area (Å²) in [5.74, 6) is 0.211. The molecule has 0 saturated heterocycles. The van der Waals surface area contributed by atoms with Crippen LogP contribution in [0.3, 0.4) is 0 Å². The molecule has 3 rings (SSSR count). The van der Waals surface area contributed by atoms with Crippen LogP contribution in [0, 0.1) is 6.92 Å². The first-order valence-corrected chi connectivity index (χ1v) is 8.76. The topological polar surface area (TPSA) is 60.5 Å². The standard InChI is InChI=1S/C19H16F2N2O3S/c1-11-16(12-6-8-14(25-2)9-7-12)22-19(27-11)23-17(24)13-4-3-5-15(10-13)26-18(20)21/h3-10,18H,1-2H3,(H,22,23,24). The second kappa shape index (κ2) is 8.13. The Morgan fingerprint density at radius 2 is 1.89 bits per heavy atom. The monoisotopic (exact) mass is 390 g/mol. The Labute approximate surface area is 158 Å². The van der Waals surface area contributed by atoms with Crippen LogP contribution in [0.25, 0.3) is 11.3 Å². The molecule has 5 nitrogen and oxygen atoms in total. The minimum absolute atomic E-state index is 0.0770. The number of benzene rings is 2. The number of aryl methyl sites for hydroxylation is 1. The number of hydrogen-bond acceptors (Lipinski definition) is 5. The van der Waals surface area contributed by atoms with Gasteiger partial charge in [0, 0.05) is 16.0 Å². The van der Waals surface area contributed by atoms with Gasteiger partial charge in [0.15, 0.2) is 5.13 Å². The fourth-order valence-corrected chi connectivity index (χ4v) is 3.28. The van der Waals surface area contributed by atoms with Crippen molar-refractivity contribution in [3.8, 4) is 22.8 Å². The van der Waals surface area contributed by atoms with E-state index in [2.05, 4.69) is 15.0 Å². The highest BCUT2D eigenvalue weighted by Crippen LogP contribution is 2.31. The lowest BCUT2D eigenvalue weighted by atomic mass is 10.1. The molecule has 2 aromatic carbocycles. The maximum absolute atomic E-state index is 12.4. The Morgan fingerprint density at radius 1 is 1.15 bits per heavy atom. The first-order valence-electron chi connectivity index (χ1n) is 7.94. The van der Waals surface area contributed by atoms with E-state index in [1.165, 1.54) is 35.6 Å². The van der Waals surface area contributed by atoms with Crippen molar-refractivity contribution in [3.63, 3.8) is 0 Å². The van der Waals surface area contributed by atoms with E-state index in [0.717, 1.165) is 21.9 Å². The summed E-state index contributed by atoms with van der Waals surface area (Å²) in [7, 11) is 1.60. The van der Waals surface area contributed by atoms with Crippen molar-refractivity contribution in [3.05, 3.63) is 59.0 Å². The number of aromatic nitrogens is 1. The number of nitrogens with one attached hydrogen (secondary N) is 1. The minimum atomic E-state index is -2.95. The van der Waals surface area contributed by atoms with E-state index in [1.807, 2.05) is 31.2 Å². The van der Waals surface area contributed by atoms with Gasteiger partial charge in [0.2, 0.25) is 0 Å². The fraction of sp³-hybridized carbons (Fsp3) is 0.158. The summed E-state index contributed by atoms with van der Waals surface area (Å²) >= 11 is 1.33. The molecule has 1 aromatic heterocycles. The lowest BCUT2D eigenvalue weighted by Gasteiger charge is -2.06. The molecule has 0 saturated carbocycles. The van der Waals surface area contributed by atoms with Crippen LogP contribution in [0.1, 0.15) is 15.2 Å². The third kappa shape index (κ3) is 4.59. The summed E-state index contributed by atoms with van der Waals surface area (Å²) in [5, 5.41) is 3.11. The molecule has 140 valence electrons. The van der Waals surface area contributed by atoms with Gasteiger partial charge in [-0.3, -0.25) is 10.1 Å². The van der Waals surface area contributed by atoms with E-state index < -0.39 is 12.5 Å². The molecular formula is C19H16F2N2O3S. The molecule has 0 aliphatic rings. The summed E-state index contributed by atoms with van der Waals surface area (Å²) in [5.41, 5.74) is 1.86. The van der Waals surface area contributed by atoms with Crippen LogP contribution in [0.2, 0.25) is 0 Å². The predicted molar refractivity (Wildman–Crippen MR) is 99.9 cm³/mol. The number of alkyl halides is 2. The van der Waals surface area contributed by atoms with Crippen molar-refractivity contribution in [2.45, 2.75) is 13.5 Å². The molecule has 0 aliphatic carbocycles. The number of rotatable bonds is 6. The molecule has 1 N–H and O–H groups in total. The van der Waals surface area contributed by atoms with Gasteiger partial charge >= 0.3 is 6.61 Å². The highest BCUT2D eigenvalue weighted by molar-refractivity contribution is 7.16. The molecule has 0 radical (unpaired) electrons. The van der Waals surface area contributed by atoms with Gasteiger partial charge < -0.3 is 9.47 Å². The smallest absolute Gasteiger partial charge is 0.387 e. The maximum Gasteiger partial charge on any atom is 0.387 e. The van der Waals surface area contributed by atoms with E-state index in [1.54, 1.807) is 7.11 Å². The number of carbonyl (C=O) groups excluding carboxylic acids is 1. The molecule has 0 spiro atoms. The molecule has 0 atom stereocenters. The Kier molecular flexibility index (Phi) is 5.66. The third-order valence-electron chi connectivity index (χ3n) is 3.70. The average Bonchev–Trinajstić information content (AvgIpc) is 3.01. The van der Waals surface area contributed by atoms with Crippen LogP contribution >= 0.6 is 11.3 Å². The molecule has 27 heavy (non-hydrogen) atoms. The van der Waals surface area contributed by atoms with Gasteiger partial charge in [0.25, 0.3) is 5.91 Å². The number of ether oxygens (including phenoxy) is 2. The van der Waals surface area contributed by atoms with E-state index in [4.69, 9.17) is 4.74 Å². The lowest BCUT2D eigenvalue weighted by molar-refractivity contribution is -0.0498. The number of carbonyl (C=O) groups is 1. The first-order chi connectivity index (χ1) is 13.0. The summed E-state index contributed by atoms with van der Waals surface area (Å²) in [6, 6.07) is 13.0. The quantitative estimate of drug-likeness (QED) is 0.645. The van der Waals surface area contributed by atoms with Crippen molar-refractivity contribution in [1.29, 1.82) is 0 Å². The highest BCUT2D eigenvalue weighted by Gasteiger charge is 2.14. The summed E-state index contributed by atoms with van der Waals surface area (Å²) in [4.78, 5) is 17.8. The molecule has 8 heteroatoms. The van der Waals surface area contributed by atoms with Gasteiger partial charge in [0.05, 0.1) is 12.8 Å². The largest absolute Gasteiger partial charge is 0.497 e. The van der Waals surface area contributed by atoms with Gasteiger partial charge in [-0.15, -0.1) is 11.3 Å². The van der Waals surface area contributed by atoms with Crippen LogP contribution in [-0.2, 0) is 0 Å². The number of halogens is 2. The third-order valence-corrected chi connectivity index (χ3v) is 4.59. The second-order valence-corrected chi connectivity index (χ2v) is 6.72. The maximum atomic E-state index is 12.4. The first kappa shape index (κ1) is 18.8. The molecule has 0 bridgehead atoms. The van der Waals surface area contributed by atoms with E-state index in [-0.39, 0.29) is 11.3 Å².